The lowest BCUT2D eigenvalue weighted by molar-refractivity contribution is -0.118. The predicted octanol–water partition coefficient (Wildman–Crippen LogP) is 5.69. The molecule has 0 unspecified atom stereocenters. The van der Waals surface area contributed by atoms with Gasteiger partial charge in [-0.2, -0.15) is 0 Å². The number of phenolic OH excluding ortho intramolecular Hbond substituents is 1. The Hall–Kier alpha value is -2.34. The number of benzene rings is 3. The first-order chi connectivity index (χ1) is 15.7. The number of halogens is 2. The monoisotopic (exact) mass is 670 g/mol. The maximum atomic E-state index is 13.1. The highest BCUT2D eigenvalue weighted by Crippen LogP contribution is 2.28. The molecular formula is C25H24I2N2O4. The van der Waals surface area contributed by atoms with Crippen LogP contribution < -0.4 is 10.6 Å². The minimum Gasteiger partial charge on any atom is -0.506 e. The highest BCUT2D eigenvalue weighted by atomic mass is 127. The second-order valence-corrected chi connectivity index (χ2v) is 9.98. The Morgan fingerprint density at radius 3 is 2.24 bits per heavy atom. The van der Waals surface area contributed by atoms with E-state index in [0.717, 1.165) is 22.3 Å². The van der Waals surface area contributed by atoms with Gasteiger partial charge in [-0.15, -0.1) is 0 Å². The molecule has 0 bridgehead atoms. The van der Waals surface area contributed by atoms with E-state index < -0.39 is 12.1 Å². The van der Waals surface area contributed by atoms with E-state index in [2.05, 4.69) is 10.6 Å². The number of amides is 2. The third-order valence-corrected chi connectivity index (χ3v) is 6.76. The Labute approximate surface area is 220 Å². The van der Waals surface area contributed by atoms with Gasteiger partial charge in [0.25, 0.3) is 0 Å². The minimum atomic E-state index is -0.869. The van der Waals surface area contributed by atoms with Crippen molar-refractivity contribution in [2.24, 2.45) is 0 Å². The summed E-state index contributed by atoms with van der Waals surface area (Å²) in [5.41, 5.74) is 4.50. The van der Waals surface area contributed by atoms with Crippen molar-refractivity contribution in [3.05, 3.63) is 90.1 Å². The summed E-state index contributed by atoms with van der Waals surface area (Å²) in [6, 6.07) is 17.7. The fraction of sp³-hybridized carbons (Fsp3) is 0.200. The molecule has 0 aliphatic carbocycles. The Morgan fingerprint density at radius 2 is 1.61 bits per heavy atom. The molecule has 33 heavy (non-hydrogen) atoms. The lowest BCUT2D eigenvalue weighted by atomic mass is 10.0. The highest BCUT2D eigenvalue weighted by Gasteiger charge is 2.23. The molecule has 0 aliphatic heterocycles. The molecule has 3 rings (SSSR count). The molecule has 8 heteroatoms. The van der Waals surface area contributed by atoms with Gasteiger partial charge in [0.2, 0.25) is 5.91 Å². The number of hydrogen-bond acceptors (Lipinski definition) is 4. The molecule has 3 aromatic rings. The number of aryl methyl sites for hydroxylation is 2. The van der Waals surface area contributed by atoms with Gasteiger partial charge < -0.3 is 20.5 Å². The summed E-state index contributed by atoms with van der Waals surface area (Å²) in [6.45, 7) is 4.08. The lowest BCUT2D eigenvalue weighted by Crippen LogP contribution is -2.45. The van der Waals surface area contributed by atoms with Gasteiger partial charge in [0, 0.05) is 12.1 Å². The van der Waals surface area contributed by atoms with Gasteiger partial charge in [0.05, 0.1) is 7.14 Å². The van der Waals surface area contributed by atoms with E-state index in [1.165, 1.54) is 0 Å². The predicted molar refractivity (Wildman–Crippen MR) is 145 cm³/mol. The zero-order chi connectivity index (χ0) is 24.0. The summed E-state index contributed by atoms with van der Waals surface area (Å²) in [5, 5.41) is 15.6. The molecule has 0 aromatic heterocycles. The van der Waals surface area contributed by atoms with Gasteiger partial charge in [0.1, 0.15) is 18.4 Å². The molecule has 0 saturated heterocycles. The van der Waals surface area contributed by atoms with E-state index in [1.807, 2.05) is 108 Å². The van der Waals surface area contributed by atoms with Crippen LogP contribution in [0.4, 0.5) is 10.5 Å². The second-order valence-electron chi connectivity index (χ2n) is 7.66. The Morgan fingerprint density at radius 1 is 0.939 bits per heavy atom. The van der Waals surface area contributed by atoms with Gasteiger partial charge in [-0.25, -0.2) is 4.79 Å². The van der Waals surface area contributed by atoms with Crippen molar-refractivity contribution in [3.63, 3.8) is 0 Å². The van der Waals surface area contributed by atoms with Gasteiger partial charge in [-0.1, -0.05) is 36.4 Å². The fourth-order valence-corrected chi connectivity index (χ4v) is 5.03. The van der Waals surface area contributed by atoms with E-state index in [9.17, 15) is 14.7 Å². The van der Waals surface area contributed by atoms with Crippen LogP contribution in [-0.4, -0.2) is 23.1 Å². The largest absolute Gasteiger partial charge is 0.506 e. The summed E-state index contributed by atoms with van der Waals surface area (Å²) in [6.07, 6.45) is -0.439. The summed E-state index contributed by atoms with van der Waals surface area (Å²) >= 11 is 4.09. The van der Waals surface area contributed by atoms with Crippen molar-refractivity contribution in [1.29, 1.82) is 0 Å². The van der Waals surface area contributed by atoms with Crippen LogP contribution >= 0.6 is 45.2 Å². The maximum absolute atomic E-state index is 13.1. The zero-order valence-electron chi connectivity index (χ0n) is 18.2. The van der Waals surface area contributed by atoms with Gasteiger partial charge in [0.15, 0.2) is 0 Å². The Kier molecular flexibility index (Phi) is 8.95. The standard InChI is InChI=1S/C25H24I2N2O4/c1-15-8-9-19(10-16(15)2)28-24(31)22(13-18-11-20(26)23(30)21(27)12-18)29-25(32)33-14-17-6-4-3-5-7-17/h3-12,22,30H,13-14H2,1-2H3,(H,28,31)(H,29,32)/t22-/m0/s1. The molecule has 3 N–H and O–H groups in total. The topological polar surface area (TPSA) is 87.7 Å². The number of hydrogen-bond donors (Lipinski definition) is 3. The number of ether oxygens (including phenoxy) is 1. The summed E-state index contributed by atoms with van der Waals surface area (Å²) in [5.74, 6) is -0.153. The molecule has 0 spiro atoms. The van der Waals surface area contributed by atoms with E-state index in [1.54, 1.807) is 12.1 Å². The minimum absolute atomic E-state index is 0.104. The fourth-order valence-electron chi connectivity index (χ4n) is 3.14. The molecule has 0 fully saturated rings. The molecule has 3 aromatic carbocycles. The van der Waals surface area contributed by atoms with Crippen molar-refractivity contribution < 1.29 is 19.4 Å². The molecule has 2 amide bonds. The number of alkyl carbamates (subject to hydrolysis) is 1. The van der Waals surface area contributed by atoms with Crippen LogP contribution in [-0.2, 0) is 22.6 Å². The first kappa shape index (κ1) is 25.3. The quantitative estimate of drug-likeness (QED) is 0.282. The average molecular weight is 670 g/mol. The summed E-state index contributed by atoms with van der Waals surface area (Å²) in [7, 11) is 0. The highest BCUT2D eigenvalue weighted by molar-refractivity contribution is 14.1. The van der Waals surface area contributed by atoms with Crippen LogP contribution in [0, 0.1) is 21.0 Å². The van der Waals surface area contributed by atoms with E-state index >= 15 is 0 Å². The van der Waals surface area contributed by atoms with Crippen LogP contribution in [0.1, 0.15) is 22.3 Å². The number of carbonyl (C=O) groups excluding carboxylic acids is 2. The van der Waals surface area contributed by atoms with Gasteiger partial charge in [-0.3, -0.25) is 4.79 Å². The normalized spacial score (nSPS) is 11.5. The average Bonchev–Trinajstić information content (AvgIpc) is 2.78. The number of rotatable bonds is 7. The molecular weight excluding hydrogens is 646 g/mol. The van der Waals surface area contributed by atoms with Crippen molar-refractivity contribution in [2.75, 3.05) is 5.32 Å². The first-order valence-electron chi connectivity index (χ1n) is 10.2. The SMILES string of the molecule is Cc1ccc(NC(=O)[C@H](Cc2cc(I)c(O)c(I)c2)NC(=O)OCc2ccccc2)cc1C. The number of aromatic hydroxyl groups is 1. The summed E-state index contributed by atoms with van der Waals surface area (Å²) in [4.78, 5) is 25.6. The first-order valence-corrected chi connectivity index (χ1v) is 12.4. The van der Waals surface area contributed by atoms with Crippen molar-refractivity contribution in [2.45, 2.75) is 32.9 Å². The molecule has 6 nitrogen and oxygen atoms in total. The lowest BCUT2D eigenvalue weighted by Gasteiger charge is -2.19. The van der Waals surface area contributed by atoms with Crippen LogP contribution in [0.5, 0.6) is 5.75 Å². The Balaban J connectivity index is 1.76. The van der Waals surface area contributed by atoms with E-state index in [-0.39, 0.29) is 24.7 Å². The van der Waals surface area contributed by atoms with Crippen LogP contribution in [0.25, 0.3) is 0 Å². The van der Waals surface area contributed by atoms with Gasteiger partial charge >= 0.3 is 6.09 Å². The molecule has 172 valence electrons. The third-order valence-electron chi connectivity index (χ3n) is 5.11. The third kappa shape index (κ3) is 7.32. The zero-order valence-corrected chi connectivity index (χ0v) is 22.5. The number of phenols is 1. The maximum Gasteiger partial charge on any atom is 0.408 e. The van der Waals surface area contributed by atoms with Crippen molar-refractivity contribution in [3.8, 4) is 5.75 Å². The smallest absolute Gasteiger partial charge is 0.408 e. The number of anilines is 1. The number of nitrogens with one attached hydrogen (secondary N) is 2. The van der Waals surface area contributed by atoms with Crippen LogP contribution in [0.3, 0.4) is 0 Å². The molecule has 0 radical (unpaired) electrons. The van der Waals surface area contributed by atoms with E-state index in [0.29, 0.717) is 12.8 Å². The number of carbonyl (C=O) groups is 2. The van der Waals surface area contributed by atoms with Gasteiger partial charge in [-0.05, 0) is 106 Å². The molecule has 1 atom stereocenters. The van der Waals surface area contributed by atoms with Crippen molar-refractivity contribution >= 4 is 62.9 Å². The van der Waals surface area contributed by atoms with Crippen molar-refractivity contribution in [1.82, 2.24) is 5.32 Å². The van der Waals surface area contributed by atoms with Crippen LogP contribution in [0.15, 0.2) is 60.7 Å². The molecule has 0 aliphatic rings. The molecule has 0 heterocycles. The van der Waals surface area contributed by atoms with Crippen LogP contribution in [0.2, 0.25) is 0 Å². The molecule has 0 saturated carbocycles. The second kappa shape index (κ2) is 11.7. The van der Waals surface area contributed by atoms with E-state index in [4.69, 9.17) is 4.74 Å². The Bertz CT molecular complexity index is 1130. The summed E-state index contributed by atoms with van der Waals surface area (Å²) < 4.78 is 6.68.